The summed E-state index contributed by atoms with van der Waals surface area (Å²) in [5.74, 6) is -1.75. The first-order valence-electron chi connectivity index (χ1n) is 7.41. The van der Waals surface area contributed by atoms with Gasteiger partial charge in [0.2, 0.25) is 0 Å². The van der Waals surface area contributed by atoms with Crippen LogP contribution in [0.2, 0.25) is 0 Å². The van der Waals surface area contributed by atoms with Crippen LogP contribution in [0.4, 0.5) is 20.2 Å². The van der Waals surface area contributed by atoms with Gasteiger partial charge in [-0.15, -0.1) is 0 Å². The second-order valence-electron chi connectivity index (χ2n) is 5.64. The first-order chi connectivity index (χ1) is 12.1. The standard InChI is InChI=1S/C16H16F2N2O5S/c1-10(9-25-16-6-3-11(17)7-13(16)18)19-14-5-4-12(26(2,23)24)8-15(14)20(21)22/h3-8,10,19H,9H2,1-2H3. The molecule has 0 saturated carbocycles. The van der Waals surface area contributed by atoms with Crippen LogP contribution >= 0.6 is 0 Å². The summed E-state index contributed by atoms with van der Waals surface area (Å²) in [7, 11) is -3.59. The highest BCUT2D eigenvalue weighted by molar-refractivity contribution is 7.90. The molecule has 0 saturated heterocycles. The number of nitro benzene ring substituents is 1. The second-order valence-corrected chi connectivity index (χ2v) is 7.66. The SMILES string of the molecule is CC(COc1ccc(F)cc1F)Nc1ccc(S(C)(=O)=O)cc1[N+](=O)[O-]. The molecule has 2 aromatic rings. The molecule has 7 nitrogen and oxygen atoms in total. The molecule has 140 valence electrons. The third-order valence-electron chi connectivity index (χ3n) is 3.38. The van der Waals surface area contributed by atoms with E-state index in [0.29, 0.717) is 6.07 Å². The number of ether oxygens (including phenoxy) is 1. The number of nitrogens with zero attached hydrogens (tertiary/aromatic N) is 1. The molecule has 0 aliphatic rings. The predicted molar refractivity (Wildman–Crippen MR) is 91.1 cm³/mol. The molecule has 0 radical (unpaired) electrons. The fourth-order valence-corrected chi connectivity index (χ4v) is 2.77. The number of hydrogen-bond acceptors (Lipinski definition) is 6. The van der Waals surface area contributed by atoms with E-state index in [1.165, 1.54) is 12.1 Å². The van der Waals surface area contributed by atoms with E-state index in [4.69, 9.17) is 4.74 Å². The first kappa shape index (κ1) is 19.6. The van der Waals surface area contributed by atoms with Crippen LogP contribution in [-0.2, 0) is 9.84 Å². The van der Waals surface area contributed by atoms with Gasteiger partial charge in [-0.3, -0.25) is 10.1 Å². The Hall–Kier alpha value is -2.75. The van der Waals surface area contributed by atoms with Gasteiger partial charge < -0.3 is 10.1 Å². The zero-order valence-electron chi connectivity index (χ0n) is 13.9. The normalized spacial score (nSPS) is 12.5. The molecule has 0 fully saturated rings. The van der Waals surface area contributed by atoms with E-state index in [2.05, 4.69) is 5.32 Å². The van der Waals surface area contributed by atoms with Crippen molar-refractivity contribution in [3.63, 3.8) is 0 Å². The van der Waals surface area contributed by atoms with Crippen molar-refractivity contribution in [1.29, 1.82) is 0 Å². The summed E-state index contributed by atoms with van der Waals surface area (Å²) in [4.78, 5) is 10.3. The van der Waals surface area contributed by atoms with E-state index in [1.807, 2.05) is 0 Å². The van der Waals surface area contributed by atoms with Gasteiger partial charge in [0.15, 0.2) is 21.4 Å². The molecule has 0 spiro atoms. The van der Waals surface area contributed by atoms with Crippen LogP contribution in [0.25, 0.3) is 0 Å². The fourth-order valence-electron chi connectivity index (χ4n) is 2.13. The average Bonchev–Trinajstić information content (AvgIpc) is 2.53. The Morgan fingerprint density at radius 2 is 1.92 bits per heavy atom. The molecule has 1 N–H and O–H groups in total. The van der Waals surface area contributed by atoms with Gasteiger partial charge in [-0.25, -0.2) is 17.2 Å². The van der Waals surface area contributed by atoms with Crippen molar-refractivity contribution in [1.82, 2.24) is 0 Å². The minimum atomic E-state index is -3.59. The average molecular weight is 386 g/mol. The zero-order chi connectivity index (χ0) is 19.5. The molecule has 2 aromatic carbocycles. The van der Waals surface area contributed by atoms with Gasteiger partial charge in [0.05, 0.1) is 15.9 Å². The summed E-state index contributed by atoms with van der Waals surface area (Å²) >= 11 is 0. The van der Waals surface area contributed by atoms with Gasteiger partial charge in [-0.1, -0.05) is 0 Å². The lowest BCUT2D eigenvalue weighted by Crippen LogP contribution is -2.24. The molecule has 0 heterocycles. The van der Waals surface area contributed by atoms with Gasteiger partial charge in [0.25, 0.3) is 5.69 Å². The minimum Gasteiger partial charge on any atom is -0.488 e. The van der Waals surface area contributed by atoms with Crippen molar-refractivity contribution in [3.8, 4) is 5.75 Å². The van der Waals surface area contributed by atoms with Crippen molar-refractivity contribution in [2.24, 2.45) is 0 Å². The minimum absolute atomic E-state index is 0.0620. The van der Waals surface area contributed by atoms with Gasteiger partial charge in [0.1, 0.15) is 18.1 Å². The van der Waals surface area contributed by atoms with Crippen LogP contribution < -0.4 is 10.1 Å². The number of halogens is 2. The Labute approximate surface area is 148 Å². The lowest BCUT2D eigenvalue weighted by Gasteiger charge is -2.17. The van der Waals surface area contributed by atoms with Crippen molar-refractivity contribution in [2.75, 3.05) is 18.2 Å². The lowest BCUT2D eigenvalue weighted by atomic mass is 10.2. The number of rotatable bonds is 7. The summed E-state index contributed by atoms with van der Waals surface area (Å²) in [5, 5.41) is 14.0. The van der Waals surface area contributed by atoms with E-state index in [-0.39, 0.29) is 22.9 Å². The van der Waals surface area contributed by atoms with Crippen LogP contribution in [-0.4, -0.2) is 32.2 Å². The molecule has 0 bridgehead atoms. The molecule has 0 aliphatic heterocycles. The zero-order valence-corrected chi connectivity index (χ0v) is 14.7. The molecule has 0 aliphatic carbocycles. The van der Waals surface area contributed by atoms with Crippen molar-refractivity contribution in [3.05, 3.63) is 58.1 Å². The molecule has 1 unspecified atom stereocenters. The summed E-state index contributed by atoms with van der Waals surface area (Å²) in [6, 6.07) is 5.88. The Morgan fingerprint density at radius 3 is 2.50 bits per heavy atom. The number of nitro groups is 1. The highest BCUT2D eigenvalue weighted by atomic mass is 32.2. The van der Waals surface area contributed by atoms with Crippen LogP contribution in [0, 0.1) is 21.7 Å². The Kier molecular flexibility index (Phi) is 5.76. The predicted octanol–water partition coefficient (Wildman–Crippen LogP) is 3.16. The van der Waals surface area contributed by atoms with Crippen molar-refractivity contribution < 1.29 is 26.9 Å². The Morgan fingerprint density at radius 1 is 1.23 bits per heavy atom. The molecule has 0 amide bonds. The Balaban J connectivity index is 2.13. The molecule has 26 heavy (non-hydrogen) atoms. The third kappa shape index (κ3) is 4.88. The topological polar surface area (TPSA) is 98.5 Å². The molecule has 2 rings (SSSR count). The fraction of sp³-hybridized carbons (Fsp3) is 0.250. The third-order valence-corrected chi connectivity index (χ3v) is 4.49. The highest BCUT2D eigenvalue weighted by Gasteiger charge is 2.20. The Bertz CT molecular complexity index is 934. The molecule has 10 heteroatoms. The molecule has 1 atom stereocenters. The maximum absolute atomic E-state index is 13.5. The lowest BCUT2D eigenvalue weighted by molar-refractivity contribution is -0.384. The quantitative estimate of drug-likeness (QED) is 0.580. The smallest absolute Gasteiger partial charge is 0.293 e. The highest BCUT2D eigenvalue weighted by Crippen LogP contribution is 2.28. The largest absolute Gasteiger partial charge is 0.488 e. The van der Waals surface area contributed by atoms with Gasteiger partial charge in [-0.2, -0.15) is 0 Å². The summed E-state index contributed by atoms with van der Waals surface area (Å²) < 4.78 is 54.7. The van der Waals surface area contributed by atoms with Crippen molar-refractivity contribution in [2.45, 2.75) is 17.9 Å². The van der Waals surface area contributed by atoms with E-state index in [1.54, 1.807) is 6.92 Å². The maximum Gasteiger partial charge on any atom is 0.293 e. The van der Waals surface area contributed by atoms with E-state index in [9.17, 15) is 27.3 Å². The van der Waals surface area contributed by atoms with Crippen LogP contribution in [0.15, 0.2) is 41.3 Å². The maximum atomic E-state index is 13.5. The monoisotopic (exact) mass is 386 g/mol. The van der Waals surface area contributed by atoms with Crippen molar-refractivity contribution >= 4 is 21.2 Å². The number of sulfone groups is 1. The van der Waals surface area contributed by atoms with Gasteiger partial charge >= 0.3 is 0 Å². The van der Waals surface area contributed by atoms with E-state index in [0.717, 1.165) is 24.5 Å². The molecular formula is C16H16F2N2O5S. The van der Waals surface area contributed by atoms with E-state index >= 15 is 0 Å². The number of hydrogen-bond donors (Lipinski definition) is 1. The van der Waals surface area contributed by atoms with Crippen LogP contribution in [0.5, 0.6) is 5.75 Å². The first-order valence-corrected chi connectivity index (χ1v) is 9.30. The van der Waals surface area contributed by atoms with Gasteiger partial charge in [0, 0.05) is 18.4 Å². The number of anilines is 1. The summed E-state index contributed by atoms with van der Waals surface area (Å²) in [6.45, 7) is 1.57. The summed E-state index contributed by atoms with van der Waals surface area (Å²) in [6.07, 6.45) is 0.951. The molecular weight excluding hydrogens is 370 g/mol. The van der Waals surface area contributed by atoms with Crippen LogP contribution in [0.3, 0.4) is 0 Å². The van der Waals surface area contributed by atoms with Crippen LogP contribution in [0.1, 0.15) is 6.92 Å². The van der Waals surface area contributed by atoms with Gasteiger partial charge in [-0.05, 0) is 31.2 Å². The number of nitrogens with one attached hydrogen (secondary N) is 1. The van der Waals surface area contributed by atoms with E-state index < -0.39 is 38.1 Å². The molecule has 0 aromatic heterocycles. The summed E-state index contributed by atoms with van der Waals surface area (Å²) in [5.41, 5.74) is -0.314. The second kappa shape index (κ2) is 7.65. The number of benzene rings is 2.